The van der Waals surface area contributed by atoms with E-state index < -0.39 is 27.3 Å². The minimum atomic E-state index is -3.79. The van der Waals surface area contributed by atoms with E-state index in [-0.39, 0.29) is 18.1 Å². The van der Waals surface area contributed by atoms with E-state index in [1.807, 2.05) is 0 Å². The molecule has 0 atom stereocenters. The highest BCUT2D eigenvalue weighted by atomic mass is 32.2. The molecule has 1 aliphatic heterocycles. The van der Waals surface area contributed by atoms with Crippen LogP contribution in [0, 0.1) is 6.92 Å². The lowest BCUT2D eigenvalue weighted by Gasteiger charge is -2.38. The first-order chi connectivity index (χ1) is 11.5. The van der Waals surface area contributed by atoms with Gasteiger partial charge in [0.15, 0.2) is 0 Å². The van der Waals surface area contributed by atoms with Gasteiger partial charge in [-0.3, -0.25) is 0 Å². The van der Waals surface area contributed by atoms with Gasteiger partial charge in [0.25, 0.3) is 10.0 Å². The van der Waals surface area contributed by atoms with E-state index in [9.17, 15) is 13.2 Å². The maximum atomic E-state index is 12.3. The molecule has 1 aliphatic rings. The maximum absolute atomic E-state index is 12.3. The van der Waals surface area contributed by atoms with E-state index in [2.05, 4.69) is 15.2 Å². The van der Waals surface area contributed by atoms with Crippen LogP contribution < -0.4 is 10.1 Å². The van der Waals surface area contributed by atoms with Crippen molar-refractivity contribution in [1.82, 2.24) is 10.1 Å². The number of hydrogen-bond donors (Lipinski definition) is 2. The summed E-state index contributed by atoms with van der Waals surface area (Å²) < 4.78 is 34.9. The van der Waals surface area contributed by atoms with Gasteiger partial charge in [-0.2, -0.15) is 13.5 Å². The molecule has 9 heteroatoms. The summed E-state index contributed by atoms with van der Waals surface area (Å²) in [5, 5.41) is 6.44. The van der Waals surface area contributed by atoms with Gasteiger partial charge in [0, 0.05) is 0 Å². The average Bonchev–Trinajstić information content (AvgIpc) is 2.42. The van der Waals surface area contributed by atoms with Crippen molar-refractivity contribution >= 4 is 22.3 Å². The third kappa shape index (κ3) is 5.17. The normalized spacial score (nSPS) is 17.0. The molecule has 1 saturated heterocycles. The molecule has 2 N–H and O–H groups in total. The molecular formula is C16H23N3O5S. The lowest BCUT2D eigenvalue weighted by atomic mass is 10.00. The summed E-state index contributed by atoms with van der Waals surface area (Å²) >= 11 is 0. The smallest absolute Gasteiger partial charge is 0.408 e. The standard InChI is InChI=1S/C16H23N3O5S/c1-12-7-5-6-8-13(12)25(21,22)19-17-9-16(10-23-11-16)18-14(20)24-15(2,3)4/h5-9,19H,10-11H2,1-4H3,(H,18,20). The number of hydrazone groups is 1. The Labute approximate surface area is 147 Å². The van der Waals surface area contributed by atoms with Gasteiger partial charge in [0.1, 0.15) is 11.1 Å². The van der Waals surface area contributed by atoms with Crippen molar-refractivity contribution in [1.29, 1.82) is 0 Å². The first kappa shape index (κ1) is 19.2. The predicted octanol–water partition coefficient (Wildman–Crippen LogP) is 1.55. The summed E-state index contributed by atoms with van der Waals surface area (Å²) in [6.45, 7) is 7.32. The molecule has 8 nitrogen and oxygen atoms in total. The Kier molecular flexibility index (Phi) is 5.38. The summed E-state index contributed by atoms with van der Waals surface area (Å²) in [6, 6.07) is 6.58. The molecule has 25 heavy (non-hydrogen) atoms. The van der Waals surface area contributed by atoms with E-state index >= 15 is 0 Å². The highest BCUT2D eigenvalue weighted by molar-refractivity contribution is 7.89. The third-order valence-corrected chi connectivity index (χ3v) is 4.72. The van der Waals surface area contributed by atoms with Gasteiger partial charge < -0.3 is 14.8 Å². The van der Waals surface area contributed by atoms with Gasteiger partial charge >= 0.3 is 6.09 Å². The number of nitrogens with zero attached hydrogens (tertiary/aromatic N) is 1. The van der Waals surface area contributed by atoms with Crippen LogP contribution in [0.4, 0.5) is 4.79 Å². The number of carbonyl (C=O) groups is 1. The quantitative estimate of drug-likeness (QED) is 0.605. The van der Waals surface area contributed by atoms with Crippen LogP contribution in [0.25, 0.3) is 0 Å². The van der Waals surface area contributed by atoms with Gasteiger partial charge in [-0.05, 0) is 39.3 Å². The van der Waals surface area contributed by atoms with Crippen molar-refractivity contribution in [2.24, 2.45) is 5.10 Å². The fraction of sp³-hybridized carbons (Fsp3) is 0.500. The molecule has 0 unspecified atom stereocenters. The fourth-order valence-electron chi connectivity index (χ4n) is 2.13. The molecule has 0 aliphatic carbocycles. The zero-order valence-corrected chi connectivity index (χ0v) is 15.5. The molecule has 0 spiro atoms. The van der Waals surface area contributed by atoms with Gasteiger partial charge in [-0.25, -0.2) is 9.63 Å². The number of ether oxygens (including phenoxy) is 2. The molecule has 1 amide bonds. The number of benzene rings is 1. The zero-order chi connectivity index (χ0) is 18.7. The number of alkyl carbamates (subject to hydrolysis) is 1. The minimum Gasteiger partial charge on any atom is -0.444 e. The van der Waals surface area contributed by atoms with Gasteiger partial charge in [0.05, 0.1) is 24.3 Å². The average molecular weight is 369 g/mol. The van der Waals surface area contributed by atoms with Crippen molar-refractivity contribution in [2.75, 3.05) is 13.2 Å². The van der Waals surface area contributed by atoms with E-state index in [0.29, 0.717) is 5.56 Å². The predicted molar refractivity (Wildman–Crippen MR) is 92.9 cm³/mol. The molecule has 1 aromatic carbocycles. The molecule has 1 heterocycles. The lowest BCUT2D eigenvalue weighted by molar-refractivity contribution is -0.0394. The number of aryl methyl sites for hydroxylation is 1. The number of nitrogens with one attached hydrogen (secondary N) is 2. The third-order valence-electron chi connectivity index (χ3n) is 3.34. The Morgan fingerprint density at radius 1 is 1.32 bits per heavy atom. The van der Waals surface area contributed by atoms with Crippen molar-refractivity contribution in [3.8, 4) is 0 Å². The number of hydrogen-bond acceptors (Lipinski definition) is 6. The number of rotatable bonds is 5. The van der Waals surface area contributed by atoms with Crippen LogP contribution >= 0.6 is 0 Å². The summed E-state index contributed by atoms with van der Waals surface area (Å²) in [5.41, 5.74) is -0.922. The molecule has 138 valence electrons. The minimum absolute atomic E-state index is 0.145. The van der Waals surface area contributed by atoms with Crippen LogP contribution in [0.3, 0.4) is 0 Å². The van der Waals surface area contributed by atoms with E-state index in [4.69, 9.17) is 9.47 Å². The molecule has 0 aromatic heterocycles. The molecule has 1 aromatic rings. The van der Waals surface area contributed by atoms with E-state index in [0.717, 1.165) is 0 Å². The van der Waals surface area contributed by atoms with Crippen LogP contribution in [-0.4, -0.2) is 45.1 Å². The van der Waals surface area contributed by atoms with Crippen LogP contribution in [0.5, 0.6) is 0 Å². The van der Waals surface area contributed by atoms with E-state index in [1.54, 1.807) is 45.9 Å². The topological polar surface area (TPSA) is 106 Å². The molecule has 1 fully saturated rings. The largest absolute Gasteiger partial charge is 0.444 e. The van der Waals surface area contributed by atoms with Crippen molar-refractivity contribution < 1.29 is 22.7 Å². The summed E-state index contributed by atoms with van der Waals surface area (Å²) in [7, 11) is -3.79. The summed E-state index contributed by atoms with van der Waals surface area (Å²) in [4.78, 5) is 14.2. The van der Waals surface area contributed by atoms with Crippen LogP contribution in [-0.2, 0) is 19.5 Å². The van der Waals surface area contributed by atoms with Gasteiger partial charge in [0.2, 0.25) is 0 Å². The second-order valence-electron chi connectivity index (χ2n) is 6.89. The monoisotopic (exact) mass is 369 g/mol. The Hall–Kier alpha value is -2.13. The number of sulfonamides is 1. The van der Waals surface area contributed by atoms with Crippen LogP contribution in [0.15, 0.2) is 34.3 Å². The number of carbonyl (C=O) groups excluding carboxylic acids is 1. The first-order valence-electron chi connectivity index (χ1n) is 7.74. The second kappa shape index (κ2) is 7.01. The molecule has 0 saturated carbocycles. The van der Waals surface area contributed by atoms with Crippen LogP contribution in [0.1, 0.15) is 26.3 Å². The fourth-order valence-corrected chi connectivity index (χ4v) is 3.17. The lowest BCUT2D eigenvalue weighted by Crippen LogP contribution is -2.64. The first-order valence-corrected chi connectivity index (χ1v) is 9.22. The number of amides is 1. The Bertz CT molecular complexity index is 764. The summed E-state index contributed by atoms with van der Waals surface area (Å²) in [5.74, 6) is 0. The zero-order valence-electron chi connectivity index (χ0n) is 14.7. The van der Waals surface area contributed by atoms with E-state index in [1.165, 1.54) is 12.3 Å². The van der Waals surface area contributed by atoms with Crippen LogP contribution in [0.2, 0.25) is 0 Å². The highest BCUT2D eigenvalue weighted by Gasteiger charge is 2.40. The Balaban J connectivity index is 2.04. The highest BCUT2D eigenvalue weighted by Crippen LogP contribution is 2.17. The summed E-state index contributed by atoms with van der Waals surface area (Å²) in [6.07, 6.45) is 0.694. The van der Waals surface area contributed by atoms with Crippen molar-refractivity contribution in [2.45, 2.75) is 43.7 Å². The molecule has 0 bridgehead atoms. The SMILES string of the molecule is Cc1ccccc1S(=O)(=O)NN=CC1(NC(=O)OC(C)(C)C)COC1. The van der Waals surface area contributed by atoms with Gasteiger partial charge in [-0.1, -0.05) is 18.2 Å². The van der Waals surface area contributed by atoms with Gasteiger partial charge in [-0.15, -0.1) is 0 Å². The van der Waals surface area contributed by atoms with Crippen molar-refractivity contribution in [3.63, 3.8) is 0 Å². The second-order valence-corrected chi connectivity index (χ2v) is 8.52. The van der Waals surface area contributed by atoms with Crippen molar-refractivity contribution in [3.05, 3.63) is 29.8 Å². The Morgan fingerprint density at radius 2 is 1.96 bits per heavy atom. The molecule has 0 radical (unpaired) electrons. The Morgan fingerprint density at radius 3 is 2.48 bits per heavy atom. The maximum Gasteiger partial charge on any atom is 0.408 e. The molecular weight excluding hydrogens is 346 g/mol. The molecule has 2 rings (SSSR count).